The van der Waals surface area contributed by atoms with Crippen LogP contribution in [0.4, 0.5) is 13.2 Å². The van der Waals surface area contributed by atoms with Gasteiger partial charge >= 0.3 is 6.61 Å². The van der Waals surface area contributed by atoms with E-state index in [9.17, 15) is 18.4 Å². The van der Waals surface area contributed by atoms with Crippen LogP contribution in [-0.2, 0) is 13.0 Å². The first-order chi connectivity index (χ1) is 17.9. The maximum Gasteiger partial charge on any atom is 0.387 e. The van der Waals surface area contributed by atoms with E-state index in [1.807, 2.05) is 28.8 Å². The molecule has 1 fully saturated rings. The third-order valence-electron chi connectivity index (χ3n) is 6.87. The van der Waals surface area contributed by atoms with Crippen LogP contribution in [0.15, 0.2) is 60.3 Å². The summed E-state index contributed by atoms with van der Waals surface area (Å²) in [5.74, 6) is 0.338. The van der Waals surface area contributed by atoms with Crippen LogP contribution in [0.5, 0.6) is 11.5 Å². The van der Waals surface area contributed by atoms with Crippen molar-refractivity contribution in [3.05, 3.63) is 99.8 Å². The Morgan fingerprint density at radius 1 is 1.19 bits per heavy atom. The molecule has 2 aromatic carbocycles. The Morgan fingerprint density at radius 2 is 2.00 bits per heavy atom. The predicted octanol–water partition coefficient (Wildman–Crippen LogP) is 6.78. The number of allylic oxidation sites excluding steroid dienone is 1. The van der Waals surface area contributed by atoms with Gasteiger partial charge in [-0.2, -0.15) is 14.0 Å². The smallest absolute Gasteiger partial charge is 0.387 e. The van der Waals surface area contributed by atoms with E-state index in [0.29, 0.717) is 34.9 Å². The average molecular weight is 502 g/mol. The van der Waals surface area contributed by atoms with Crippen LogP contribution < -0.4 is 9.47 Å². The fourth-order valence-corrected chi connectivity index (χ4v) is 5.05. The molecule has 5 nitrogen and oxygen atoms in total. The summed E-state index contributed by atoms with van der Waals surface area (Å²) in [4.78, 5) is 4.71. The highest BCUT2D eigenvalue weighted by molar-refractivity contribution is 5.88. The SMILES string of the molecule is CC(C#N)=C1c2ccc(Cc3c(C4CC4)nc4c(OC(F)F)cccn34)cc2COc2cc(F)ccc21. The second kappa shape index (κ2) is 9.00. The number of halogens is 3. The summed E-state index contributed by atoms with van der Waals surface area (Å²) in [6.07, 6.45) is 4.36. The minimum absolute atomic E-state index is 0.0488. The van der Waals surface area contributed by atoms with Crippen LogP contribution in [0.2, 0.25) is 0 Å². The number of nitrogens with zero attached hydrogens (tertiary/aromatic N) is 3. The van der Waals surface area contributed by atoms with Gasteiger partial charge in [0.15, 0.2) is 11.4 Å². The van der Waals surface area contributed by atoms with E-state index in [-0.39, 0.29) is 12.4 Å². The van der Waals surface area contributed by atoms with Crippen LogP contribution in [0.25, 0.3) is 11.2 Å². The molecule has 0 spiro atoms. The van der Waals surface area contributed by atoms with Crippen molar-refractivity contribution >= 4 is 11.2 Å². The lowest BCUT2D eigenvalue weighted by Gasteiger charge is -2.13. The standard InChI is InChI=1S/C29H22F3N3O2/c1-16(14-33)26-21-8-4-17(11-19(21)15-36-25-13-20(30)7-9-22(25)26)12-23-27(18-5-6-18)34-28-24(37-29(31)32)3-2-10-35(23)28/h2-4,7-11,13,18,29H,5-6,12,15H2,1H3. The Labute approximate surface area is 211 Å². The third kappa shape index (κ3) is 4.20. The zero-order valence-electron chi connectivity index (χ0n) is 20.0. The molecule has 0 unspecified atom stereocenters. The summed E-state index contributed by atoms with van der Waals surface area (Å²) >= 11 is 0. The minimum atomic E-state index is -2.93. The number of ether oxygens (including phenoxy) is 2. The number of rotatable bonds is 5. The van der Waals surface area contributed by atoms with E-state index < -0.39 is 12.4 Å². The quantitative estimate of drug-likeness (QED) is 0.283. The molecule has 0 radical (unpaired) electrons. The number of nitriles is 1. The van der Waals surface area contributed by atoms with E-state index in [0.717, 1.165) is 46.5 Å². The van der Waals surface area contributed by atoms with Gasteiger partial charge in [0.25, 0.3) is 0 Å². The topological polar surface area (TPSA) is 59.5 Å². The molecule has 0 bridgehead atoms. The van der Waals surface area contributed by atoms with Gasteiger partial charge in [-0.3, -0.25) is 0 Å². The van der Waals surface area contributed by atoms with Gasteiger partial charge in [-0.05, 0) is 60.7 Å². The average Bonchev–Trinajstić information content (AvgIpc) is 3.68. The van der Waals surface area contributed by atoms with E-state index in [1.54, 1.807) is 19.1 Å². The number of benzene rings is 2. The van der Waals surface area contributed by atoms with Crippen LogP contribution in [0.1, 0.15) is 59.3 Å². The van der Waals surface area contributed by atoms with Gasteiger partial charge in [-0.25, -0.2) is 9.37 Å². The first-order valence-corrected chi connectivity index (χ1v) is 12.0. The summed E-state index contributed by atoms with van der Waals surface area (Å²) in [6.45, 7) is -0.973. The number of aromatic nitrogens is 2. The zero-order chi connectivity index (χ0) is 25.7. The Balaban J connectivity index is 1.43. The van der Waals surface area contributed by atoms with Gasteiger partial charge in [-0.15, -0.1) is 0 Å². The molecule has 186 valence electrons. The van der Waals surface area contributed by atoms with Crippen molar-refractivity contribution in [3.63, 3.8) is 0 Å². The molecule has 2 aliphatic rings. The highest BCUT2D eigenvalue weighted by Crippen LogP contribution is 2.43. The highest BCUT2D eigenvalue weighted by Gasteiger charge is 2.31. The number of hydrogen-bond acceptors (Lipinski definition) is 4. The molecule has 8 heteroatoms. The van der Waals surface area contributed by atoms with Crippen molar-refractivity contribution in [1.29, 1.82) is 5.26 Å². The molecule has 3 heterocycles. The number of hydrogen-bond donors (Lipinski definition) is 0. The van der Waals surface area contributed by atoms with Crippen molar-refractivity contribution in [2.75, 3.05) is 0 Å². The lowest BCUT2D eigenvalue weighted by Crippen LogP contribution is -2.04. The highest BCUT2D eigenvalue weighted by atomic mass is 19.3. The fourth-order valence-electron chi connectivity index (χ4n) is 5.05. The molecule has 1 aliphatic heterocycles. The Kier molecular flexibility index (Phi) is 5.64. The van der Waals surface area contributed by atoms with Crippen molar-refractivity contribution in [3.8, 4) is 17.6 Å². The molecule has 6 rings (SSSR count). The first kappa shape index (κ1) is 23.2. The Morgan fingerprint density at radius 3 is 2.76 bits per heavy atom. The summed E-state index contributed by atoms with van der Waals surface area (Å²) in [6, 6.07) is 15.7. The van der Waals surface area contributed by atoms with Crippen LogP contribution in [0.3, 0.4) is 0 Å². The molecule has 37 heavy (non-hydrogen) atoms. The second-order valence-electron chi connectivity index (χ2n) is 9.37. The fraction of sp³-hybridized carbons (Fsp3) is 0.241. The van der Waals surface area contributed by atoms with Gasteiger partial charge in [0.1, 0.15) is 18.2 Å². The molecule has 1 aliphatic carbocycles. The second-order valence-corrected chi connectivity index (χ2v) is 9.37. The molecule has 0 amide bonds. The van der Waals surface area contributed by atoms with Crippen molar-refractivity contribution in [2.24, 2.45) is 0 Å². The lowest BCUT2D eigenvalue weighted by atomic mass is 9.89. The summed E-state index contributed by atoms with van der Waals surface area (Å²) in [5.41, 5.74) is 6.85. The van der Waals surface area contributed by atoms with Gasteiger partial charge in [0, 0.05) is 41.3 Å². The van der Waals surface area contributed by atoms with Crippen molar-refractivity contribution in [1.82, 2.24) is 9.38 Å². The summed E-state index contributed by atoms with van der Waals surface area (Å²) in [7, 11) is 0. The molecule has 1 saturated carbocycles. The largest absolute Gasteiger partial charge is 0.488 e. The molecular weight excluding hydrogens is 479 g/mol. The van der Waals surface area contributed by atoms with Crippen molar-refractivity contribution < 1.29 is 22.6 Å². The molecule has 2 aromatic heterocycles. The molecule has 0 saturated heterocycles. The maximum atomic E-state index is 14.0. The molecular formula is C29H22F3N3O2. The normalized spacial score (nSPS) is 16.0. The summed E-state index contributed by atoms with van der Waals surface area (Å²) < 4.78 is 52.5. The lowest BCUT2D eigenvalue weighted by molar-refractivity contribution is -0.0491. The monoisotopic (exact) mass is 501 g/mol. The Hall–Kier alpha value is -4.25. The molecule has 0 atom stereocenters. The van der Waals surface area contributed by atoms with Gasteiger partial charge in [0.2, 0.25) is 0 Å². The first-order valence-electron chi connectivity index (χ1n) is 12.0. The Bertz CT molecular complexity index is 1610. The minimum Gasteiger partial charge on any atom is -0.488 e. The van der Waals surface area contributed by atoms with Gasteiger partial charge in [-0.1, -0.05) is 18.2 Å². The summed E-state index contributed by atoms with van der Waals surface area (Å²) in [5, 5.41) is 9.69. The van der Waals surface area contributed by atoms with Crippen LogP contribution in [-0.4, -0.2) is 16.0 Å². The number of pyridine rings is 1. The zero-order valence-corrected chi connectivity index (χ0v) is 20.0. The van der Waals surface area contributed by atoms with E-state index in [1.165, 1.54) is 18.2 Å². The van der Waals surface area contributed by atoms with Crippen LogP contribution >= 0.6 is 0 Å². The van der Waals surface area contributed by atoms with E-state index in [4.69, 9.17) is 14.5 Å². The third-order valence-corrected chi connectivity index (χ3v) is 6.87. The van der Waals surface area contributed by atoms with Crippen molar-refractivity contribution in [2.45, 2.75) is 45.3 Å². The number of imidazole rings is 1. The van der Waals surface area contributed by atoms with E-state index in [2.05, 4.69) is 6.07 Å². The molecule has 4 aromatic rings. The molecule has 0 N–H and O–H groups in total. The predicted molar refractivity (Wildman–Crippen MR) is 131 cm³/mol. The van der Waals surface area contributed by atoms with E-state index >= 15 is 0 Å². The number of fused-ring (bicyclic) bond motifs is 3. The maximum absolute atomic E-state index is 14.0. The van der Waals surface area contributed by atoms with Gasteiger partial charge in [0.05, 0.1) is 17.5 Å². The van der Waals surface area contributed by atoms with Gasteiger partial charge < -0.3 is 13.9 Å². The number of alkyl halides is 2. The van der Waals surface area contributed by atoms with Crippen LogP contribution in [0, 0.1) is 17.1 Å².